The minimum Gasteiger partial charge on any atom is -0.461 e. The van der Waals surface area contributed by atoms with E-state index in [4.69, 9.17) is 21.3 Å². The predicted molar refractivity (Wildman–Crippen MR) is 156 cm³/mol. The highest BCUT2D eigenvalue weighted by Crippen LogP contribution is 2.42. The smallest absolute Gasteiger partial charge is 0.319 e. The van der Waals surface area contributed by atoms with Gasteiger partial charge in [0.25, 0.3) is 0 Å². The molecule has 0 radical (unpaired) electrons. The molecule has 4 aliphatic rings. The number of nitrogens with zero attached hydrogens (tertiary/aromatic N) is 5. The zero-order valence-electron chi connectivity index (χ0n) is 22.9. The molecule has 2 bridgehead atoms. The molecule has 0 aliphatic carbocycles. The van der Waals surface area contributed by atoms with E-state index in [0.717, 1.165) is 45.3 Å². The highest BCUT2D eigenvalue weighted by molar-refractivity contribution is 6.36. The van der Waals surface area contributed by atoms with Gasteiger partial charge in [0.2, 0.25) is 0 Å². The Bertz CT molecular complexity index is 1710. The summed E-state index contributed by atoms with van der Waals surface area (Å²) < 4.78 is 51.7. The van der Waals surface area contributed by atoms with Crippen molar-refractivity contribution < 1.29 is 17.9 Å². The normalized spacial score (nSPS) is 27.3. The van der Waals surface area contributed by atoms with E-state index in [1.54, 1.807) is 30.5 Å². The van der Waals surface area contributed by atoms with Crippen LogP contribution < -0.4 is 15.0 Å². The first-order valence-corrected chi connectivity index (χ1v) is 15.0. The standard InChI is InChI=1S/C31H30ClF3N6O/c32-25-23(34)8-5-17-3-1-4-21(24(17)25)27-26(35)28-22(12-36-27)29(40-14-19-6-7-20(15-40)37-19)39-30(38-28)42-16-31-9-2-10-41(31)13-18(33)11-31/h1,3-5,8,12,18-20,37H,2,6-7,9-11,13-16H2/t18?,19-,20+,31?. The predicted octanol–water partition coefficient (Wildman–Crippen LogP) is 5.67. The Balaban J connectivity index is 1.25. The molecular formula is C31H30ClF3N6O. The monoisotopic (exact) mass is 594 g/mol. The van der Waals surface area contributed by atoms with Gasteiger partial charge in [-0.05, 0) is 43.7 Å². The SMILES string of the molecule is Fc1ccc2cccc(-c3ncc4c(N5C[C@H]6CC[C@@H](C5)N6)nc(OCC56CCCN5CC(F)C6)nc4c3F)c2c1Cl. The van der Waals surface area contributed by atoms with Gasteiger partial charge in [-0.2, -0.15) is 9.97 Å². The van der Waals surface area contributed by atoms with Gasteiger partial charge in [0.15, 0.2) is 5.82 Å². The highest BCUT2D eigenvalue weighted by Gasteiger charge is 2.49. The van der Waals surface area contributed by atoms with Gasteiger partial charge in [0, 0.05) is 55.3 Å². The number of hydrogen-bond acceptors (Lipinski definition) is 7. The van der Waals surface area contributed by atoms with E-state index in [2.05, 4.69) is 25.1 Å². The van der Waals surface area contributed by atoms with Gasteiger partial charge in [0.05, 0.1) is 15.9 Å². The number of anilines is 1. The molecule has 0 amide bonds. The maximum absolute atomic E-state index is 16.6. The fraction of sp³-hybridized carbons (Fsp3) is 0.452. The number of aromatic nitrogens is 3. The molecule has 0 spiro atoms. The van der Waals surface area contributed by atoms with Gasteiger partial charge in [-0.1, -0.05) is 35.9 Å². The average molecular weight is 595 g/mol. The molecule has 4 aromatic rings. The third kappa shape index (κ3) is 4.21. The average Bonchev–Trinajstić information content (AvgIpc) is 3.64. The lowest BCUT2D eigenvalue weighted by Crippen LogP contribution is -2.51. The first-order valence-electron chi connectivity index (χ1n) is 14.6. The molecule has 11 heteroatoms. The van der Waals surface area contributed by atoms with E-state index >= 15 is 4.39 Å². The van der Waals surface area contributed by atoms with Crippen LogP contribution in [0.2, 0.25) is 5.02 Å². The molecule has 8 rings (SSSR count). The minimum absolute atomic E-state index is 0.0215. The molecular weight excluding hydrogens is 565 g/mol. The van der Waals surface area contributed by atoms with Gasteiger partial charge in [-0.3, -0.25) is 9.88 Å². The van der Waals surface area contributed by atoms with Crippen molar-refractivity contribution in [2.45, 2.75) is 55.9 Å². The van der Waals surface area contributed by atoms with Crippen LogP contribution in [0.25, 0.3) is 32.9 Å². The van der Waals surface area contributed by atoms with Crippen LogP contribution in [0.5, 0.6) is 6.01 Å². The number of nitrogens with one attached hydrogen (secondary N) is 1. The van der Waals surface area contributed by atoms with Crippen LogP contribution in [0.15, 0.2) is 36.5 Å². The molecule has 4 fully saturated rings. The van der Waals surface area contributed by atoms with Crippen LogP contribution in [0, 0.1) is 11.6 Å². The maximum atomic E-state index is 16.6. The fourth-order valence-electron chi connectivity index (χ4n) is 7.64. The van der Waals surface area contributed by atoms with Crippen LogP contribution >= 0.6 is 11.6 Å². The van der Waals surface area contributed by atoms with E-state index < -0.39 is 23.3 Å². The number of benzene rings is 2. The number of hydrogen-bond donors (Lipinski definition) is 1. The van der Waals surface area contributed by atoms with Crippen LogP contribution in [0.4, 0.5) is 19.0 Å². The summed E-state index contributed by atoms with van der Waals surface area (Å²) in [5.41, 5.74) is 0.0801. The van der Waals surface area contributed by atoms with Crippen molar-refractivity contribution in [3.8, 4) is 17.3 Å². The van der Waals surface area contributed by atoms with Gasteiger partial charge in [0.1, 0.15) is 35.6 Å². The van der Waals surface area contributed by atoms with Crippen molar-refractivity contribution in [1.82, 2.24) is 25.2 Å². The van der Waals surface area contributed by atoms with Crippen LogP contribution in [0.3, 0.4) is 0 Å². The second-order valence-electron chi connectivity index (χ2n) is 12.2. The lowest BCUT2D eigenvalue weighted by atomic mass is 9.95. The zero-order chi connectivity index (χ0) is 28.6. The molecule has 218 valence electrons. The van der Waals surface area contributed by atoms with Crippen molar-refractivity contribution in [1.29, 1.82) is 0 Å². The van der Waals surface area contributed by atoms with E-state index in [-0.39, 0.29) is 28.9 Å². The minimum atomic E-state index is -0.887. The highest BCUT2D eigenvalue weighted by atomic mass is 35.5. The Morgan fingerprint density at radius 2 is 1.90 bits per heavy atom. The van der Waals surface area contributed by atoms with Crippen LogP contribution in [0.1, 0.15) is 32.1 Å². The summed E-state index contributed by atoms with van der Waals surface area (Å²) in [7, 11) is 0. The van der Waals surface area contributed by atoms with E-state index in [1.165, 1.54) is 6.07 Å². The summed E-state index contributed by atoms with van der Waals surface area (Å²) in [6.45, 7) is 2.95. The first-order chi connectivity index (χ1) is 20.4. The number of rotatable bonds is 5. The molecule has 42 heavy (non-hydrogen) atoms. The Morgan fingerprint density at radius 1 is 1.07 bits per heavy atom. The van der Waals surface area contributed by atoms with Gasteiger partial charge < -0.3 is 15.0 Å². The second-order valence-corrected chi connectivity index (χ2v) is 12.6. The number of fused-ring (bicyclic) bond motifs is 5. The third-order valence-corrected chi connectivity index (χ3v) is 9.95. The zero-order valence-corrected chi connectivity index (χ0v) is 23.7. The number of pyridine rings is 1. The number of piperazine rings is 1. The molecule has 4 atom stereocenters. The van der Waals surface area contributed by atoms with Crippen LogP contribution in [-0.2, 0) is 0 Å². The molecule has 6 heterocycles. The van der Waals surface area contributed by atoms with Crippen LogP contribution in [-0.4, -0.2) is 76.4 Å². The lowest BCUT2D eigenvalue weighted by Gasteiger charge is -2.34. The lowest BCUT2D eigenvalue weighted by molar-refractivity contribution is 0.107. The number of ether oxygens (including phenoxy) is 1. The molecule has 2 aromatic heterocycles. The Hall–Kier alpha value is -3.21. The van der Waals surface area contributed by atoms with E-state index in [1.807, 2.05) is 0 Å². The summed E-state index contributed by atoms with van der Waals surface area (Å²) in [5.74, 6) is -0.671. The second kappa shape index (κ2) is 9.92. The topological polar surface area (TPSA) is 66.4 Å². The molecule has 1 N–H and O–H groups in total. The summed E-state index contributed by atoms with van der Waals surface area (Å²) in [6, 6.07) is 8.86. The van der Waals surface area contributed by atoms with Gasteiger partial charge in [-0.25, -0.2) is 13.2 Å². The third-order valence-electron chi connectivity index (χ3n) is 9.58. The molecule has 4 saturated heterocycles. The Labute approximate surface area is 246 Å². The first kappa shape index (κ1) is 26.4. The van der Waals surface area contributed by atoms with E-state index in [0.29, 0.717) is 52.6 Å². The summed E-state index contributed by atoms with van der Waals surface area (Å²) in [6.07, 6.45) is 5.09. The molecule has 4 aliphatic heterocycles. The number of halogens is 4. The van der Waals surface area contributed by atoms with Crippen molar-refractivity contribution in [3.63, 3.8) is 0 Å². The molecule has 2 aromatic carbocycles. The molecule has 7 nitrogen and oxygen atoms in total. The fourth-order valence-corrected chi connectivity index (χ4v) is 7.91. The Kier molecular flexibility index (Phi) is 6.24. The van der Waals surface area contributed by atoms with Gasteiger partial charge >= 0.3 is 6.01 Å². The largest absolute Gasteiger partial charge is 0.461 e. The summed E-state index contributed by atoms with van der Waals surface area (Å²) >= 11 is 6.38. The number of alkyl halides is 1. The molecule has 0 saturated carbocycles. The quantitative estimate of drug-likeness (QED) is 0.319. The summed E-state index contributed by atoms with van der Waals surface area (Å²) in [4.78, 5) is 18.2. The van der Waals surface area contributed by atoms with Gasteiger partial charge in [-0.15, -0.1) is 0 Å². The van der Waals surface area contributed by atoms with E-state index in [9.17, 15) is 8.78 Å². The Morgan fingerprint density at radius 3 is 2.74 bits per heavy atom. The van der Waals surface area contributed by atoms with Crippen molar-refractivity contribution in [2.75, 3.05) is 37.7 Å². The summed E-state index contributed by atoms with van der Waals surface area (Å²) in [5, 5.41) is 5.07. The van der Waals surface area contributed by atoms with Crippen molar-refractivity contribution in [2.24, 2.45) is 0 Å². The van der Waals surface area contributed by atoms with Crippen molar-refractivity contribution >= 4 is 39.1 Å². The van der Waals surface area contributed by atoms with Crippen molar-refractivity contribution in [3.05, 3.63) is 53.2 Å². The maximum Gasteiger partial charge on any atom is 0.319 e. The molecule has 2 unspecified atom stereocenters.